The molecule has 0 aliphatic carbocycles. The van der Waals surface area contributed by atoms with Crippen LogP contribution in [0.2, 0.25) is 0 Å². The number of nitrogens with zero attached hydrogens (tertiary/aromatic N) is 2. The quantitative estimate of drug-likeness (QED) is 0.690. The summed E-state index contributed by atoms with van der Waals surface area (Å²) < 4.78 is 1.99. The molecule has 26 heavy (non-hydrogen) atoms. The predicted octanol–water partition coefficient (Wildman–Crippen LogP) is 5.57. The lowest BCUT2D eigenvalue weighted by Gasteiger charge is -2.38. The molecule has 0 amide bonds. The van der Waals surface area contributed by atoms with Gasteiger partial charge in [0.1, 0.15) is 5.82 Å². The summed E-state index contributed by atoms with van der Waals surface area (Å²) >= 11 is 0. The van der Waals surface area contributed by atoms with E-state index in [4.69, 9.17) is 0 Å². The van der Waals surface area contributed by atoms with Gasteiger partial charge in [0.2, 0.25) is 0 Å². The van der Waals surface area contributed by atoms with E-state index in [1.54, 1.807) is 6.20 Å². The number of benzene rings is 1. The third kappa shape index (κ3) is 3.42. The van der Waals surface area contributed by atoms with Crippen LogP contribution >= 0.6 is 0 Å². The minimum atomic E-state index is -0.140. The van der Waals surface area contributed by atoms with Crippen molar-refractivity contribution in [3.63, 3.8) is 0 Å². The van der Waals surface area contributed by atoms with Crippen molar-refractivity contribution in [3.05, 3.63) is 47.7 Å². The molecular weight excluding hydrogens is 322 g/mol. The Hall–Kier alpha value is -2.10. The van der Waals surface area contributed by atoms with E-state index >= 15 is 0 Å². The lowest BCUT2D eigenvalue weighted by Crippen LogP contribution is -2.38. The molecule has 0 saturated heterocycles. The Labute approximate surface area is 157 Å². The van der Waals surface area contributed by atoms with Crippen molar-refractivity contribution < 1.29 is 4.79 Å². The number of Topliss-reactive ketones (excluding diaryl/α,β-unsaturated/α-hetero) is 1. The molecule has 1 aromatic heterocycles. The number of hydrogen-bond donors (Lipinski definition) is 1. The highest BCUT2D eigenvalue weighted by molar-refractivity contribution is 6.00. The van der Waals surface area contributed by atoms with Crippen LogP contribution in [0.4, 0.5) is 5.82 Å². The minimum Gasteiger partial charge on any atom is -0.363 e. The summed E-state index contributed by atoms with van der Waals surface area (Å²) in [4.78, 5) is 13.1. The third-order valence-corrected chi connectivity index (χ3v) is 6.15. The highest BCUT2D eigenvalue weighted by atomic mass is 16.1. The first-order valence-corrected chi connectivity index (χ1v) is 9.73. The van der Waals surface area contributed by atoms with Gasteiger partial charge in [-0.05, 0) is 31.2 Å². The van der Waals surface area contributed by atoms with Crippen molar-refractivity contribution in [3.8, 4) is 0 Å². The van der Waals surface area contributed by atoms with Crippen LogP contribution < -0.4 is 5.32 Å². The van der Waals surface area contributed by atoms with Crippen molar-refractivity contribution in [2.24, 2.45) is 5.41 Å². The molecule has 0 fully saturated rings. The summed E-state index contributed by atoms with van der Waals surface area (Å²) in [6.45, 7) is 10.9. The monoisotopic (exact) mass is 353 g/mol. The first-order chi connectivity index (χ1) is 12.3. The van der Waals surface area contributed by atoms with Gasteiger partial charge in [-0.25, -0.2) is 4.68 Å². The maximum absolute atomic E-state index is 13.1. The van der Waals surface area contributed by atoms with E-state index in [0.717, 1.165) is 30.6 Å². The van der Waals surface area contributed by atoms with E-state index in [9.17, 15) is 4.79 Å². The summed E-state index contributed by atoms with van der Waals surface area (Å²) in [5.74, 6) is 1.06. The summed E-state index contributed by atoms with van der Waals surface area (Å²) in [6, 6.07) is 10.6. The lowest BCUT2D eigenvalue weighted by molar-refractivity contribution is 0.0914. The average Bonchev–Trinajstić information content (AvgIpc) is 3.07. The van der Waals surface area contributed by atoms with E-state index in [2.05, 4.69) is 69.3 Å². The standard InChI is InChI=1S/C22H31N3O/c1-6-22(5,7-2)14-19(26)17-15-23-25-20(17)24-18(13-21(25,3)4)16-11-9-8-10-12-16/h8-12,15,18,24H,6-7,13-14H2,1-5H3. The number of anilines is 1. The first-order valence-electron chi connectivity index (χ1n) is 9.73. The Bertz CT molecular complexity index is 772. The van der Waals surface area contributed by atoms with Gasteiger partial charge >= 0.3 is 0 Å². The first kappa shape index (κ1) is 18.7. The number of carbonyl (C=O) groups excluding carboxylic acids is 1. The van der Waals surface area contributed by atoms with E-state index in [1.165, 1.54) is 5.56 Å². The van der Waals surface area contributed by atoms with Gasteiger partial charge in [0.25, 0.3) is 0 Å². The Morgan fingerprint density at radius 2 is 1.92 bits per heavy atom. The molecule has 0 bridgehead atoms. The number of ketones is 1. The third-order valence-electron chi connectivity index (χ3n) is 6.15. The van der Waals surface area contributed by atoms with E-state index < -0.39 is 0 Å². The second-order valence-electron chi connectivity index (χ2n) is 8.56. The van der Waals surface area contributed by atoms with Crippen LogP contribution in [0.25, 0.3) is 0 Å². The predicted molar refractivity (Wildman–Crippen MR) is 107 cm³/mol. The number of fused-ring (bicyclic) bond motifs is 1. The number of nitrogens with one attached hydrogen (secondary N) is 1. The van der Waals surface area contributed by atoms with Crippen LogP contribution in [0.15, 0.2) is 36.5 Å². The molecule has 4 nitrogen and oxygen atoms in total. The van der Waals surface area contributed by atoms with E-state index in [0.29, 0.717) is 6.42 Å². The Balaban J connectivity index is 1.94. The molecule has 1 atom stereocenters. The molecule has 1 unspecified atom stereocenters. The summed E-state index contributed by atoms with van der Waals surface area (Å²) in [5, 5.41) is 8.17. The van der Waals surface area contributed by atoms with Gasteiger partial charge in [0, 0.05) is 6.42 Å². The smallest absolute Gasteiger partial charge is 0.168 e. The van der Waals surface area contributed by atoms with Crippen LogP contribution in [0.5, 0.6) is 0 Å². The van der Waals surface area contributed by atoms with Crippen molar-refractivity contribution in [2.45, 2.75) is 71.9 Å². The van der Waals surface area contributed by atoms with E-state index in [1.807, 2.05) is 10.7 Å². The summed E-state index contributed by atoms with van der Waals surface area (Å²) in [6.07, 6.45) is 5.26. The zero-order chi connectivity index (χ0) is 18.9. The number of rotatable bonds is 6. The fourth-order valence-corrected chi connectivity index (χ4v) is 3.82. The highest BCUT2D eigenvalue weighted by Gasteiger charge is 2.37. The maximum Gasteiger partial charge on any atom is 0.168 e. The van der Waals surface area contributed by atoms with Gasteiger partial charge in [-0.1, -0.05) is 63.9 Å². The van der Waals surface area contributed by atoms with Gasteiger partial charge in [0.15, 0.2) is 5.78 Å². The zero-order valence-corrected chi connectivity index (χ0v) is 16.7. The highest BCUT2D eigenvalue weighted by Crippen LogP contribution is 2.41. The van der Waals surface area contributed by atoms with Crippen LogP contribution in [0, 0.1) is 5.41 Å². The molecule has 0 radical (unpaired) electrons. The molecule has 2 aromatic rings. The van der Waals surface area contributed by atoms with Crippen molar-refractivity contribution in [2.75, 3.05) is 5.32 Å². The molecule has 4 heteroatoms. The van der Waals surface area contributed by atoms with Crippen LogP contribution in [-0.2, 0) is 5.54 Å². The van der Waals surface area contributed by atoms with Crippen LogP contribution in [0.1, 0.15) is 82.3 Å². The largest absolute Gasteiger partial charge is 0.363 e. The molecule has 0 spiro atoms. The van der Waals surface area contributed by atoms with Crippen LogP contribution in [-0.4, -0.2) is 15.6 Å². The second kappa shape index (κ2) is 6.90. The average molecular weight is 354 g/mol. The SMILES string of the molecule is CCC(C)(CC)CC(=O)c1cnn2c1NC(c1ccccc1)CC2(C)C. The fourth-order valence-electron chi connectivity index (χ4n) is 3.82. The fraction of sp³-hybridized carbons (Fsp3) is 0.545. The Morgan fingerprint density at radius 3 is 2.54 bits per heavy atom. The van der Waals surface area contributed by atoms with Gasteiger partial charge in [-0.15, -0.1) is 0 Å². The van der Waals surface area contributed by atoms with Crippen LogP contribution in [0.3, 0.4) is 0 Å². The number of hydrogen-bond acceptors (Lipinski definition) is 3. The Kier molecular flexibility index (Phi) is 4.96. The molecule has 1 aliphatic heterocycles. The second-order valence-corrected chi connectivity index (χ2v) is 8.56. The van der Waals surface area contributed by atoms with Gasteiger partial charge in [0.05, 0.1) is 23.3 Å². The normalized spacial score (nSPS) is 18.9. The molecule has 140 valence electrons. The van der Waals surface area contributed by atoms with E-state index in [-0.39, 0.29) is 22.8 Å². The van der Waals surface area contributed by atoms with Crippen molar-refractivity contribution in [1.82, 2.24) is 9.78 Å². The summed E-state index contributed by atoms with van der Waals surface area (Å²) in [5.41, 5.74) is 1.89. The molecule has 0 saturated carbocycles. The number of aromatic nitrogens is 2. The molecule has 1 aliphatic rings. The topological polar surface area (TPSA) is 46.9 Å². The minimum absolute atomic E-state index is 0.0505. The van der Waals surface area contributed by atoms with Gasteiger partial charge in [-0.2, -0.15) is 5.10 Å². The zero-order valence-electron chi connectivity index (χ0n) is 16.7. The van der Waals surface area contributed by atoms with Gasteiger partial charge in [-0.3, -0.25) is 4.79 Å². The molecule has 1 N–H and O–H groups in total. The summed E-state index contributed by atoms with van der Waals surface area (Å²) in [7, 11) is 0. The molecule has 2 heterocycles. The molecular formula is C22H31N3O. The van der Waals surface area contributed by atoms with Crippen molar-refractivity contribution in [1.29, 1.82) is 0 Å². The molecule has 3 rings (SSSR count). The lowest BCUT2D eigenvalue weighted by atomic mass is 9.79. The molecule has 1 aromatic carbocycles. The Morgan fingerprint density at radius 1 is 1.27 bits per heavy atom. The number of carbonyl (C=O) groups is 1. The maximum atomic E-state index is 13.1. The van der Waals surface area contributed by atoms with Gasteiger partial charge < -0.3 is 5.32 Å². The van der Waals surface area contributed by atoms with Crippen molar-refractivity contribution >= 4 is 11.6 Å².